The lowest BCUT2D eigenvalue weighted by atomic mass is 9.94. The van der Waals surface area contributed by atoms with E-state index in [1.807, 2.05) is 0 Å². The molecule has 0 bridgehead atoms. The number of alkyl halides is 1. The van der Waals surface area contributed by atoms with E-state index in [-0.39, 0.29) is 0 Å². The van der Waals surface area contributed by atoms with Crippen LogP contribution < -0.4 is 4.74 Å². The maximum absolute atomic E-state index is 6.20. The number of benzene rings is 1. The molecule has 3 rings (SSSR count). The highest BCUT2D eigenvalue weighted by Gasteiger charge is 2.22. The summed E-state index contributed by atoms with van der Waals surface area (Å²) in [5.41, 5.74) is 2.83. The van der Waals surface area contributed by atoms with Gasteiger partial charge in [-0.2, -0.15) is 0 Å². The van der Waals surface area contributed by atoms with Gasteiger partial charge in [0.15, 0.2) is 0 Å². The van der Waals surface area contributed by atoms with Crippen LogP contribution >= 0.6 is 11.6 Å². The van der Waals surface area contributed by atoms with Crippen molar-refractivity contribution < 1.29 is 4.74 Å². The predicted molar refractivity (Wildman–Crippen MR) is 83.8 cm³/mol. The summed E-state index contributed by atoms with van der Waals surface area (Å²) >= 11 is 6.20. The van der Waals surface area contributed by atoms with Crippen LogP contribution in [0.25, 0.3) is 0 Å². The van der Waals surface area contributed by atoms with Crippen molar-refractivity contribution in [3.63, 3.8) is 0 Å². The highest BCUT2D eigenvalue weighted by molar-refractivity contribution is 6.20. The molecule has 1 aromatic carbocycles. The van der Waals surface area contributed by atoms with E-state index in [4.69, 9.17) is 16.3 Å². The number of likely N-dealkylation sites (tertiary alicyclic amines) is 1. The third-order valence-corrected chi connectivity index (χ3v) is 5.11. The van der Waals surface area contributed by atoms with Gasteiger partial charge in [-0.05, 0) is 62.4 Å². The molecule has 1 aromatic rings. The molecule has 2 nitrogen and oxygen atoms in total. The van der Waals surface area contributed by atoms with E-state index in [1.165, 1.54) is 43.6 Å². The average Bonchev–Trinajstić information content (AvgIpc) is 2.93. The lowest BCUT2D eigenvalue weighted by Gasteiger charge is -2.33. The van der Waals surface area contributed by atoms with E-state index in [9.17, 15) is 0 Å². The van der Waals surface area contributed by atoms with Crippen LogP contribution in [-0.4, -0.2) is 36.5 Å². The number of halogens is 1. The lowest BCUT2D eigenvalue weighted by Crippen LogP contribution is -2.37. The summed E-state index contributed by atoms with van der Waals surface area (Å²) in [6.45, 7) is 6.56. The number of piperidine rings is 1. The van der Waals surface area contributed by atoms with Crippen molar-refractivity contribution in [3.05, 3.63) is 29.3 Å². The molecule has 1 atom stereocenters. The summed E-state index contributed by atoms with van der Waals surface area (Å²) < 4.78 is 5.56. The minimum atomic E-state index is 0.328. The molecule has 0 amide bonds. The fourth-order valence-corrected chi connectivity index (χ4v) is 3.57. The summed E-state index contributed by atoms with van der Waals surface area (Å²) in [5.74, 6) is 1.80. The zero-order valence-corrected chi connectivity index (χ0v) is 13.0. The predicted octanol–water partition coefficient (Wildman–Crippen LogP) is 3.50. The number of fused-ring (bicyclic) bond motifs is 1. The van der Waals surface area contributed by atoms with Crippen LogP contribution in [0.4, 0.5) is 0 Å². The van der Waals surface area contributed by atoms with E-state index < -0.39 is 0 Å². The Bertz CT molecular complexity index is 452. The molecule has 110 valence electrons. The molecule has 20 heavy (non-hydrogen) atoms. The Morgan fingerprint density at radius 2 is 2.15 bits per heavy atom. The fraction of sp³-hybridized carbons (Fsp3) is 0.647. The molecule has 2 aliphatic heterocycles. The molecule has 0 spiro atoms. The quantitative estimate of drug-likeness (QED) is 0.788. The second-order valence-corrected chi connectivity index (χ2v) is 6.84. The van der Waals surface area contributed by atoms with Gasteiger partial charge in [0.2, 0.25) is 0 Å². The van der Waals surface area contributed by atoms with E-state index in [0.717, 1.165) is 25.2 Å². The molecular weight excluding hydrogens is 270 g/mol. The molecule has 2 aliphatic rings. The maximum atomic E-state index is 6.20. The van der Waals surface area contributed by atoms with Crippen molar-refractivity contribution in [1.82, 2.24) is 4.90 Å². The van der Waals surface area contributed by atoms with Crippen molar-refractivity contribution in [2.24, 2.45) is 5.92 Å². The molecule has 1 fully saturated rings. The van der Waals surface area contributed by atoms with Gasteiger partial charge < -0.3 is 9.64 Å². The van der Waals surface area contributed by atoms with Crippen LogP contribution in [0, 0.1) is 5.92 Å². The highest BCUT2D eigenvalue weighted by Crippen LogP contribution is 2.27. The zero-order chi connectivity index (χ0) is 13.9. The Morgan fingerprint density at radius 3 is 2.90 bits per heavy atom. The number of ether oxygens (including phenoxy) is 1. The van der Waals surface area contributed by atoms with Crippen molar-refractivity contribution >= 4 is 11.6 Å². The van der Waals surface area contributed by atoms with Gasteiger partial charge in [-0.25, -0.2) is 0 Å². The number of hydrogen-bond donors (Lipinski definition) is 0. The Labute approximate surface area is 127 Å². The summed E-state index contributed by atoms with van der Waals surface area (Å²) in [6, 6.07) is 6.69. The summed E-state index contributed by atoms with van der Waals surface area (Å²) in [6.07, 6.45) is 4.72. The van der Waals surface area contributed by atoms with Crippen molar-refractivity contribution in [3.8, 4) is 5.75 Å². The molecule has 0 saturated carbocycles. The minimum absolute atomic E-state index is 0.328. The largest absolute Gasteiger partial charge is 0.493 e. The Hall–Kier alpha value is -0.730. The number of hydrogen-bond acceptors (Lipinski definition) is 2. The standard InChI is InChI=1S/C17H24ClNO/c1-13(18)15-5-9-19(10-6-15)8-4-14-2-3-17-16(12-14)7-11-20-17/h2-3,12-13,15H,4-11H2,1H3. The van der Waals surface area contributed by atoms with Gasteiger partial charge in [-0.1, -0.05) is 12.1 Å². The van der Waals surface area contributed by atoms with Crippen molar-refractivity contribution in [2.75, 3.05) is 26.2 Å². The third kappa shape index (κ3) is 3.29. The van der Waals surface area contributed by atoms with Crippen LogP contribution in [0.3, 0.4) is 0 Å². The lowest BCUT2D eigenvalue weighted by molar-refractivity contribution is 0.185. The molecular formula is C17H24ClNO. The first-order valence-corrected chi connectivity index (χ1v) is 8.27. The van der Waals surface area contributed by atoms with Crippen LogP contribution in [0.15, 0.2) is 18.2 Å². The van der Waals surface area contributed by atoms with Gasteiger partial charge in [-0.15, -0.1) is 11.6 Å². The molecule has 0 N–H and O–H groups in total. The number of nitrogens with zero attached hydrogens (tertiary/aromatic N) is 1. The second kappa shape index (κ2) is 6.36. The first-order chi connectivity index (χ1) is 9.72. The number of rotatable bonds is 4. The molecule has 1 saturated heterocycles. The van der Waals surface area contributed by atoms with Crippen LogP contribution in [0.5, 0.6) is 5.75 Å². The van der Waals surface area contributed by atoms with E-state index in [0.29, 0.717) is 11.3 Å². The van der Waals surface area contributed by atoms with Crippen molar-refractivity contribution in [1.29, 1.82) is 0 Å². The SMILES string of the molecule is CC(Cl)C1CCN(CCc2ccc3c(c2)CCO3)CC1. The van der Waals surface area contributed by atoms with E-state index in [2.05, 4.69) is 30.0 Å². The van der Waals surface area contributed by atoms with Gasteiger partial charge >= 0.3 is 0 Å². The van der Waals surface area contributed by atoms with Gasteiger partial charge in [0.25, 0.3) is 0 Å². The van der Waals surface area contributed by atoms with Gasteiger partial charge in [0.1, 0.15) is 5.75 Å². The second-order valence-electron chi connectivity index (χ2n) is 6.15. The van der Waals surface area contributed by atoms with Gasteiger partial charge in [-0.3, -0.25) is 0 Å². The summed E-state index contributed by atoms with van der Waals surface area (Å²) in [5, 5.41) is 0.328. The van der Waals surface area contributed by atoms with Crippen LogP contribution in [0.2, 0.25) is 0 Å². The highest BCUT2D eigenvalue weighted by atomic mass is 35.5. The molecule has 1 unspecified atom stereocenters. The monoisotopic (exact) mass is 293 g/mol. The van der Waals surface area contributed by atoms with Crippen molar-refractivity contribution in [2.45, 2.75) is 38.0 Å². The van der Waals surface area contributed by atoms with Crippen LogP contribution in [-0.2, 0) is 12.8 Å². The fourth-order valence-electron chi connectivity index (χ4n) is 3.32. The zero-order valence-electron chi connectivity index (χ0n) is 12.3. The maximum Gasteiger partial charge on any atom is 0.122 e. The minimum Gasteiger partial charge on any atom is -0.493 e. The summed E-state index contributed by atoms with van der Waals surface area (Å²) in [7, 11) is 0. The van der Waals surface area contributed by atoms with Gasteiger partial charge in [0, 0.05) is 18.3 Å². The van der Waals surface area contributed by atoms with E-state index in [1.54, 1.807) is 0 Å². The third-order valence-electron chi connectivity index (χ3n) is 4.75. The molecule has 0 aromatic heterocycles. The molecule has 3 heteroatoms. The van der Waals surface area contributed by atoms with Crippen LogP contribution in [0.1, 0.15) is 30.9 Å². The first-order valence-electron chi connectivity index (χ1n) is 7.83. The average molecular weight is 294 g/mol. The Morgan fingerprint density at radius 1 is 1.35 bits per heavy atom. The van der Waals surface area contributed by atoms with E-state index >= 15 is 0 Å². The Kier molecular flexibility index (Phi) is 4.52. The molecule has 0 radical (unpaired) electrons. The molecule has 2 heterocycles. The molecule has 0 aliphatic carbocycles. The Balaban J connectivity index is 1.48. The smallest absolute Gasteiger partial charge is 0.122 e. The van der Waals surface area contributed by atoms with Gasteiger partial charge in [0.05, 0.1) is 6.61 Å². The topological polar surface area (TPSA) is 12.5 Å². The first kappa shape index (κ1) is 14.2. The normalized spacial score (nSPS) is 21.5. The summed E-state index contributed by atoms with van der Waals surface area (Å²) in [4.78, 5) is 2.58.